The minimum atomic E-state index is -4.61. The molecule has 0 saturated carbocycles. The van der Waals surface area contributed by atoms with Gasteiger partial charge in [-0.1, -0.05) is 0 Å². The summed E-state index contributed by atoms with van der Waals surface area (Å²) >= 11 is 2.62. The van der Waals surface area contributed by atoms with Crippen molar-refractivity contribution in [3.05, 3.63) is 22.2 Å². The van der Waals surface area contributed by atoms with Crippen molar-refractivity contribution in [3.63, 3.8) is 0 Å². The molecule has 0 saturated heterocycles. The van der Waals surface area contributed by atoms with Crippen molar-refractivity contribution >= 4 is 35.7 Å². The molecule has 0 bridgehead atoms. The third-order valence-corrected chi connectivity index (χ3v) is 3.30. The molecule has 1 aromatic heterocycles. The highest BCUT2D eigenvalue weighted by Crippen LogP contribution is 2.32. The third kappa shape index (κ3) is 2.61. The van der Waals surface area contributed by atoms with Crippen molar-refractivity contribution in [2.45, 2.75) is 11.3 Å². The van der Waals surface area contributed by atoms with E-state index in [9.17, 15) is 21.6 Å². The Bertz CT molecular complexity index is 493. The van der Waals surface area contributed by atoms with Crippen molar-refractivity contribution in [2.24, 2.45) is 0 Å². The van der Waals surface area contributed by atoms with E-state index in [1.165, 1.54) is 0 Å². The highest BCUT2D eigenvalue weighted by atomic mass is 79.9. The summed E-state index contributed by atoms with van der Waals surface area (Å²) in [4.78, 5) is 1.81. The molecule has 84 valence electrons. The first-order valence-corrected chi connectivity index (χ1v) is 6.42. The van der Waals surface area contributed by atoms with Gasteiger partial charge in [0.05, 0.1) is 4.47 Å². The average molecular weight is 325 g/mol. The molecule has 3 nitrogen and oxygen atoms in total. The summed E-state index contributed by atoms with van der Waals surface area (Å²) < 4.78 is 59.2. The lowest BCUT2D eigenvalue weighted by Crippen LogP contribution is -2.05. The standard InChI is InChI=1S/C6H2BrClF3NO2S/c7-2-1-12-4(6(10)11)5(3(2)9)15(8,13)14/h1,6H. The van der Waals surface area contributed by atoms with Crippen molar-refractivity contribution in [3.8, 4) is 0 Å². The van der Waals surface area contributed by atoms with Gasteiger partial charge in [-0.15, -0.1) is 0 Å². The molecule has 0 fully saturated rings. The lowest BCUT2D eigenvalue weighted by Gasteiger charge is -2.06. The molecular formula is C6H2BrClF3NO2S. The highest BCUT2D eigenvalue weighted by Gasteiger charge is 2.29. The zero-order valence-electron chi connectivity index (χ0n) is 6.72. The maximum absolute atomic E-state index is 13.2. The molecule has 0 aliphatic heterocycles. The first-order chi connectivity index (χ1) is 6.75. The molecule has 0 N–H and O–H groups in total. The number of hydrogen-bond donors (Lipinski definition) is 0. The van der Waals surface area contributed by atoms with Gasteiger partial charge in [0.15, 0.2) is 5.82 Å². The van der Waals surface area contributed by atoms with Crippen LogP contribution in [0.1, 0.15) is 12.1 Å². The summed E-state index contributed by atoms with van der Waals surface area (Å²) in [6, 6.07) is 0. The van der Waals surface area contributed by atoms with E-state index in [0.29, 0.717) is 0 Å². The summed E-state index contributed by atoms with van der Waals surface area (Å²) in [5.74, 6) is -1.38. The van der Waals surface area contributed by atoms with Crippen LogP contribution in [0.4, 0.5) is 13.2 Å². The molecule has 0 aliphatic carbocycles. The maximum atomic E-state index is 13.2. The molecule has 9 heteroatoms. The van der Waals surface area contributed by atoms with Crippen LogP contribution in [0.5, 0.6) is 0 Å². The molecule has 0 unspecified atom stereocenters. The average Bonchev–Trinajstić information content (AvgIpc) is 2.06. The van der Waals surface area contributed by atoms with Crippen molar-refractivity contribution in [1.29, 1.82) is 0 Å². The Labute approximate surface area is 95.8 Å². The van der Waals surface area contributed by atoms with E-state index in [1.807, 2.05) is 0 Å². The van der Waals surface area contributed by atoms with Gasteiger partial charge in [-0.05, 0) is 15.9 Å². The van der Waals surface area contributed by atoms with Crippen molar-refractivity contribution in [2.75, 3.05) is 0 Å². The van der Waals surface area contributed by atoms with E-state index in [0.717, 1.165) is 6.20 Å². The van der Waals surface area contributed by atoms with E-state index in [-0.39, 0.29) is 4.47 Å². The van der Waals surface area contributed by atoms with Gasteiger partial charge in [0, 0.05) is 16.9 Å². The molecule has 0 spiro atoms. The Morgan fingerprint density at radius 3 is 2.40 bits per heavy atom. The quantitative estimate of drug-likeness (QED) is 0.786. The monoisotopic (exact) mass is 323 g/mol. The normalized spacial score (nSPS) is 12.1. The van der Waals surface area contributed by atoms with Gasteiger partial charge in [-0.3, -0.25) is 4.98 Å². The Hall–Kier alpha value is -0.340. The van der Waals surface area contributed by atoms with Gasteiger partial charge in [-0.2, -0.15) is 0 Å². The van der Waals surface area contributed by atoms with Crippen LogP contribution in [-0.4, -0.2) is 13.4 Å². The number of alkyl halides is 2. The second-order valence-corrected chi connectivity index (χ2v) is 5.73. The lowest BCUT2D eigenvalue weighted by molar-refractivity contribution is 0.141. The zero-order valence-corrected chi connectivity index (χ0v) is 9.87. The number of nitrogens with zero attached hydrogens (tertiary/aromatic N) is 1. The molecular weight excluding hydrogens is 322 g/mol. The maximum Gasteiger partial charge on any atom is 0.281 e. The number of aromatic nitrogens is 1. The third-order valence-electron chi connectivity index (χ3n) is 1.41. The summed E-state index contributed by atoms with van der Waals surface area (Å²) in [5, 5.41) is 0. The largest absolute Gasteiger partial charge is 0.281 e. The van der Waals surface area contributed by atoms with E-state index in [1.54, 1.807) is 0 Å². The minimum absolute atomic E-state index is 0.355. The molecule has 0 amide bonds. The van der Waals surface area contributed by atoms with E-state index in [4.69, 9.17) is 10.7 Å². The van der Waals surface area contributed by atoms with Crippen LogP contribution in [0.25, 0.3) is 0 Å². The second-order valence-electron chi connectivity index (χ2n) is 2.37. The predicted molar refractivity (Wildman–Crippen MR) is 49.9 cm³/mol. The van der Waals surface area contributed by atoms with Crippen LogP contribution in [0.15, 0.2) is 15.6 Å². The summed E-state index contributed by atoms with van der Waals surface area (Å²) in [6.45, 7) is 0. The van der Waals surface area contributed by atoms with E-state index >= 15 is 0 Å². The van der Waals surface area contributed by atoms with Gasteiger partial charge in [0.1, 0.15) is 10.6 Å². The predicted octanol–water partition coefficient (Wildman–Crippen LogP) is 2.85. The summed E-state index contributed by atoms with van der Waals surface area (Å²) in [7, 11) is 0.216. The summed E-state index contributed by atoms with van der Waals surface area (Å²) in [6.07, 6.45) is -2.49. The van der Waals surface area contributed by atoms with Gasteiger partial charge in [-0.25, -0.2) is 21.6 Å². The molecule has 1 heterocycles. The second kappa shape index (κ2) is 4.26. The molecule has 0 radical (unpaired) electrons. The summed E-state index contributed by atoms with van der Waals surface area (Å²) in [5.41, 5.74) is -1.20. The highest BCUT2D eigenvalue weighted by molar-refractivity contribution is 9.10. The number of halogens is 5. The fourth-order valence-corrected chi connectivity index (χ4v) is 2.44. The Morgan fingerprint density at radius 1 is 1.47 bits per heavy atom. The van der Waals surface area contributed by atoms with Crippen molar-refractivity contribution < 1.29 is 21.6 Å². The lowest BCUT2D eigenvalue weighted by atomic mass is 10.3. The molecule has 0 aromatic carbocycles. The fraction of sp³-hybridized carbons (Fsp3) is 0.167. The van der Waals surface area contributed by atoms with Gasteiger partial charge in [0.25, 0.3) is 15.5 Å². The fourth-order valence-electron chi connectivity index (χ4n) is 0.850. The topological polar surface area (TPSA) is 47.0 Å². The van der Waals surface area contributed by atoms with Gasteiger partial charge < -0.3 is 0 Å². The Balaban J connectivity index is 3.65. The SMILES string of the molecule is O=S(=O)(Cl)c1c(C(F)F)ncc(Br)c1F. The van der Waals surface area contributed by atoms with Crippen LogP contribution in [0.2, 0.25) is 0 Å². The molecule has 0 aliphatic rings. The molecule has 1 aromatic rings. The van der Waals surface area contributed by atoms with Gasteiger partial charge in [0.2, 0.25) is 0 Å². The Morgan fingerprint density at radius 2 is 2.00 bits per heavy atom. The number of rotatable bonds is 2. The van der Waals surface area contributed by atoms with E-state index < -0.39 is 31.9 Å². The molecule has 15 heavy (non-hydrogen) atoms. The number of hydrogen-bond acceptors (Lipinski definition) is 3. The van der Waals surface area contributed by atoms with Crippen LogP contribution in [-0.2, 0) is 9.05 Å². The smallest absolute Gasteiger partial charge is 0.252 e. The Kier molecular flexibility index (Phi) is 3.62. The number of pyridine rings is 1. The van der Waals surface area contributed by atoms with Crippen LogP contribution < -0.4 is 0 Å². The molecule has 1 rings (SSSR count). The first-order valence-electron chi connectivity index (χ1n) is 3.32. The van der Waals surface area contributed by atoms with Crippen LogP contribution in [0, 0.1) is 5.82 Å². The van der Waals surface area contributed by atoms with Crippen LogP contribution in [0.3, 0.4) is 0 Å². The van der Waals surface area contributed by atoms with Crippen molar-refractivity contribution in [1.82, 2.24) is 4.98 Å². The first kappa shape index (κ1) is 12.7. The zero-order chi connectivity index (χ0) is 11.8. The van der Waals surface area contributed by atoms with E-state index in [2.05, 4.69) is 20.9 Å². The minimum Gasteiger partial charge on any atom is -0.252 e. The van der Waals surface area contributed by atoms with Crippen LogP contribution >= 0.6 is 26.6 Å². The molecule has 0 atom stereocenters. The van der Waals surface area contributed by atoms with Gasteiger partial charge >= 0.3 is 0 Å².